The number of ether oxygens (including phenoxy) is 1. The molecule has 19 heavy (non-hydrogen) atoms. The van der Waals surface area contributed by atoms with Crippen LogP contribution in [-0.4, -0.2) is 17.7 Å². The zero-order valence-electron chi connectivity index (χ0n) is 11.2. The third kappa shape index (κ3) is 3.44. The van der Waals surface area contributed by atoms with Gasteiger partial charge in [-0.2, -0.15) is 0 Å². The zero-order valence-corrected chi connectivity index (χ0v) is 11.2. The Bertz CT molecular complexity index is 526. The first-order valence-electron chi connectivity index (χ1n) is 6.32. The van der Waals surface area contributed by atoms with Crippen LogP contribution in [0, 0.1) is 13.8 Å². The fraction of sp³-hybridized carbons (Fsp3) is 0.333. The summed E-state index contributed by atoms with van der Waals surface area (Å²) in [7, 11) is 0. The average Bonchev–Trinajstić information content (AvgIpc) is 2.75. The Morgan fingerprint density at radius 2 is 2.00 bits per heavy atom. The first-order valence-corrected chi connectivity index (χ1v) is 6.32. The Morgan fingerprint density at radius 1 is 1.26 bits per heavy atom. The number of carbonyl (C=O) groups is 1. The highest BCUT2D eigenvalue weighted by molar-refractivity contribution is 5.89. The van der Waals surface area contributed by atoms with Crippen LogP contribution < -0.4 is 0 Å². The minimum Gasteiger partial charge on any atom is -0.462 e. The highest BCUT2D eigenvalue weighted by Crippen LogP contribution is 2.14. The summed E-state index contributed by atoms with van der Waals surface area (Å²) in [5.41, 5.74) is 2.60. The minimum atomic E-state index is -0.278. The van der Waals surface area contributed by atoms with Gasteiger partial charge >= 0.3 is 5.97 Å². The molecule has 0 aliphatic heterocycles. The summed E-state index contributed by atoms with van der Waals surface area (Å²) in [6.45, 7) is 4.21. The molecule has 4 heteroatoms. The molecule has 0 aliphatic rings. The van der Waals surface area contributed by atoms with Gasteiger partial charge in [0.2, 0.25) is 0 Å². The molecule has 0 saturated heterocycles. The zero-order chi connectivity index (χ0) is 13.7. The van der Waals surface area contributed by atoms with E-state index in [1.165, 1.54) is 0 Å². The number of aryl methyl sites for hydroxylation is 2. The van der Waals surface area contributed by atoms with Crippen molar-refractivity contribution in [1.29, 1.82) is 0 Å². The molecule has 0 N–H and O–H groups in total. The normalized spacial score (nSPS) is 10.4. The van der Waals surface area contributed by atoms with Crippen LogP contribution in [0.25, 0.3) is 0 Å². The van der Waals surface area contributed by atoms with Gasteiger partial charge in [0.05, 0.1) is 17.9 Å². The number of hydrogen-bond acceptors (Lipinski definition) is 4. The lowest BCUT2D eigenvalue weighted by Gasteiger charge is -2.04. The van der Waals surface area contributed by atoms with E-state index in [9.17, 15) is 4.79 Å². The molecule has 0 amide bonds. The number of aromatic nitrogens is 1. The van der Waals surface area contributed by atoms with Gasteiger partial charge in [0.15, 0.2) is 0 Å². The molecular formula is C15H17NO3. The van der Waals surface area contributed by atoms with E-state index in [4.69, 9.17) is 9.26 Å². The van der Waals surface area contributed by atoms with Crippen molar-refractivity contribution < 1.29 is 14.1 Å². The maximum atomic E-state index is 11.7. The maximum Gasteiger partial charge on any atom is 0.338 e. The van der Waals surface area contributed by atoms with Crippen molar-refractivity contribution in [2.24, 2.45) is 0 Å². The monoisotopic (exact) mass is 259 g/mol. The first kappa shape index (κ1) is 13.3. The van der Waals surface area contributed by atoms with Gasteiger partial charge in [-0.15, -0.1) is 0 Å². The quantitative estimate of drug-likeness (QED) is 0.611. The van der Waals surface area contributed by atoms with Gasteiger partial charge in [-0.25, -0.2) is 4.79 Å². The Hall–Kier alpha value is -2.10. The van der Waals surface area contributed by atoms with Crippen LogP contribution in [-0.2, 0) is 11.2 Å². The van der Waals surface area contributed by atoms with Crippen molar-refractivity contribution in [3.63, 3.8) is 0 Å². The van der Waals surface area contributed by atoms with Crippen molar-refractivity contribution >= 4 is 5.97 Å². The maximum absolute atomic E-state index is 11.7. The molecule has 0 fully saturated rings. The van der Waals surface area contributed by atoms with Gasteiger partial charge < -0.3 is 9.26 Å². The molecule has 1 aromatic heterocycles. The average molecular weight is 259 g/mol. The lowest BCUT2D eigenvalue weighted by atomic mass is 10.1. The van der Waals surface area contributed by atoms with Crippen LogP contribution in [0.15, 0.2) is 34.9 Å². The van der Waals surface area contributed by atoms with E-state index in [0.29, 0.717) is 12.2 Å². The van der Waals surface area contributed by atoms with E-state index >= 15 is 0 Å². The number of nitrogens with zero attached hydrogens (tertiary/aromatic N) is 1. The second-order valence-corrected chi connectivity index (χ2v) is 4.41. The molecular weight excluding hydrogens is 242 g/mol. The van der Waals surface area contributed by atoms with Crippen molar-refractivity contribution in [2.45, 2.75) is 26.7 Å². The fourth-order valence-electron chi connectivity index (χ4n) is 1.93. The molecule has 0 atom stereocenters. The van der Waals surface area contributed by atoms with Crippen molar-refractivity contribution in [2.75, 3.05) is 6.61 Å². The largest absolute Gasteiger partial charge is 0.462 e. The third-order valence-electron chi connectivity index (χ3n) is 2.99. The van der Waals surface area contributed by atoms with E-state index in [1.54, 1.807) is 12.1 Å². The van der Waals surface area contributed by atoms with E-state index < -0.39 is 0 Å². The Balaban J connectivity index is 1.77. The number of benzene rings is 1. The molecule has 1 heterocycles. The van der Waals surface area contributed by atoms with Gasteiger partial charge in [-0.05, 0) is 38.8 Å². The van der Waals surface area contributed by atoms with Crippen molar-refractivity contribution in [1.82, 2.24) is 5.16 Å². The van der Waals surface area contributed by atoms with Crippen LogP contribution in [0.1, 0.15) is 33.8 Å². The van der Waals surface area contributed by atoms with Gasteiger partial charge in [0, 0.05) is 5.56 Å². The predicted molar refractivity (Wildman–Crippen MR) is 71.0 cm³/mol. The van der Waals surface area contributed by atoms with E-state index in [-0.39, 0.29) is 5.97 Å². The minimum absolute atomic E-state index is 0.278. The molecule has 4 nitrogen and oxygen atoms in total. The van der Waals surface area contributed by atoms with Crippen LogP contribution in [0.2, 0.25) is 0 Å². The number of hydrogen-bond donors (Lipinski definition) is 0. The summed E-state index contributed by atoms with van der Waals surface area (Å²) in [6, 6.07) is 9.00. The second-order valence-electron chi connectivity index (χ2n) is 4.41. The smallest absolute Gasteiger partial charge is 0.338 e. The molecule has 0 bridgehead atoms. The lowest BCUT2D eigenvalue weighted by molar-refractivity contribution is 0.0500. The van der Waals surface area contributed by atoms with Crippen LogP contribution in [0.4, 0.5) is 0 Å². The summed E-state index contributed by atoms with van der Waals surface area (Å²) in [5, 5.41) is 3.89. The summed E-state index contributed by atoms with van der Waals surface area (Å²) in [6.07, 6.45) is 1.57. The Morgan fingerprint density at radius 3 is 2.63 bits per heavy atom. The summed E-state index contributed by atoms with van der Waals surface area (Å²) < 4.78 is 10.3. The number of rotatable bonds is 5. The molecule has 0 spiro atoms. The standard InChI is InChI=1S/C15H17NO3/c1-11-14(12(2)19-16-11)9-6-10-18-15(17)13-7-4-3-5-8-13/h3-5,7-8H,6,9-10H2,1-2H3. The van der Waals surface area contributed by atoms with Crippen LogP contribution >= 0.6 is 0 Å². The van der Waals surface area contributed by atoms with Gasteiger partial charge in [0.1, 0.15) is 5.76 Å². The van der Waals surface area contributed by atoms with Crippen molar-refractivity contribution in [3.8, 4) is 0 Å². The first-order chi connectivity index (χ1) is 9.18. The molecule has 100 valence electrons. The molecule has 2 aromatic rings. The van der Waals surface area contributed by atoms with Crippen LogP contribution in [0.5, 0.6) is 0 Å². The van der Waals surface area contributed by atoms with Crippen LogP contribution in [0.3, 0.4) is 0 Å². The van der Waals surface area contributed by atoms with E-state index in [1.807, 2.05) is 32.0 Å². The van der Waals surface area contributed by atoms with Gasteiger partial charge in [-0.1, -0.05) is 23.4 Å². The Labute approximate surface area is 112 Å². The predicted octanol–water partition coefficient (Wildman–Crippen LogP) is 3.08. The topological polar surface area (TPSA) is 52.3 Å². The third-order valence-corrected chi connectivity index (χ3v) is 2.99. The summed E-state index contributed by atoms with van der Waals surface area (Å²) in [5.74, 6) is 0.561. The van der Waals surface area contributed by atoms with E-state index in [0.717, 1.165) is 29.9 Å². The van der Waals surface area contributed by atoms with Gasteiger partial charge in [0.25, 0.3) is 0 Å². The fourth-order valence-corrected chi connectivity index (χ4v) is 1.93. The number of esters is 1. The van der Waals surface area contributed by atoms with E-state index in [2.05, 4.69) is 5.16 Å². The molecule has 0 unspecified atom stereocenters. The molecule has 0 aliphatic carbocycles. The van der Waals surface area contributed by atoms with Crippen molar-refractivity contribution in [3.05, 3.63) is 52.9 Å². The highest BCUT2D eigenvalue weighted by atomic mass is 16.5. The molecule has 1 aromatic carbocycles. The van der Waals surface area contributed by atoms with Gasteiger partial charge in [-0.3, -0.25) is 0 Å². The molecule has 0 saturated carbocycles. The number of carbonyl (C=O) groups excluding carboxylic acids is 1. The molecule has 0 radical (unpaired) electrons. The SMILES string of the molecule is Cc1noc(C)c1CCCOC(=O)c1ccccc1. The molecule has 2 rings (SSSR count). The Kier molecular flexibility index (Phi) is 4.34. The summed E-state index contributed by atoms with van der Waals surface area (Å²) >= 11 is 0. The lowest BCUT2D eigenvalue weighted by Crippen LogP contribution is -2.07. The summed E-state index contributed by atoms with van der Waals surface area (Å²) in [4.78, 5) is 11.7. The second kappa shape index (κ2) is 6.18. The highest BCUT2D eigenvalue weighted by Gasteiger charge is 2.09.